The van der Waals surface area contributed by atoms with Crippen LogP contribution in [0.1, 0.15) is 26.0 Å². The molecule has 3 heteroatoms. The van der Waals surface area contributed by atoms with E-state index in [0.717, 1.165) is 24.4 Å². The molecule has 0 radical (unpaired) electrons. The molecule has 2 heterocycles. The number of nitrogens with one attached hydrogen (secondary N) is 1. The molecular weight excluding hydrogens is 210 g/mol. The number of pyridine rings is 1. The van der Waals surface area contributed by atoms with E-state index in [0.29, 0.717) is 0 Å². The van der Waals surface area contributed by atoms with Crippen molar-refractivity contribution in [3.8, 4) is 0 Å². The van der Waals surface area contributed by atoms with Gasteiger partial charge in [0.05, 0.1) is 5.69 Å². The monoisotopic (exact) mass is 229 g/mol. The van der Waals surface area contributed by atoms with Crippen LogP contribution in [0, 0.1) is 0 Å². The Balaban J connectivity index is 2.09. The van der Waals surface area contributed by atoms with Crippen LogP contribution in [0.3, 0.4) is 0 Å². The van der Waals surface area contributed by atoms with E-state index in [1.54, 1.807) is 0 Å². The maximum absolute atomic E-state index is 4.54. The first-order valence-electron chi connectivity index (χ1n) is 6.11. The van der Waals surface area contributed by atoms with Crippen molar-refractivity contribution in [2.24, 2.45) is 0 Å². The first kappa shape index (κ1) is 11.9. The molecule has 2 aromatic heterocycles. The van der Waals surface area contributed by atoms with E-state index in [4.69, 9.17) is 0 Å². The summed E-state index contributed by atoms with van der Waals surface area (Å²) in [4.78, 5) is 4.54. The summed E-state index contributed by atoms with van der Waals surface area (Å²) in [6, 6.07) is 6.03. The zero-order valence-corrected chi connectivity index (χ0v) is 10.5. The van der Waals surface area contributed by atoms with Crippen LogP contribution in [0.2, 0.25) is 0 Å². The summed E-state index contributed by atoms with van der Waals surface area (Å²) in [5.41, 5.74) is 3.32. The van der Waals surface area contributed by atoms with Gasteiger partial charge in [-0.1, -0.05) is 18.6 Å². The van der Waals surface area contributed by atoms with Gasteiger partial charge < -0.3 is 9.72 Å². The summed E-state index contributed by atoms with van der Waals surface area (Å²) in [5.74, 6) is 0. The number of imidazole rings is 1. The molecular formula is C14H19N3. The molecule has 0 aromatic carbocycles. The van der Waals surface area contributed by atoms with Crippen LogP contribution in [0.15, 0.2) is 36.2 Å². The van der Waals surface area contributed by atoms with E-state index in [1.807, 2.05) is 28.8 Å². The largest absolute Gasteiger partial charge is 0.313 e. The van der Waals surface area contributed by atoms with Gasteiger partial charge in [-0.25, -0.2) is 4.98 Å². The molecule has 0 saturated heterocycles. The third kappa shape index (κ3) is 3.17. The Hall–Kier alpha value is -1.61. The van der Waals surface area contributed by atoms with Crippen LogP contribution in [-0.2, 0) is 0 Å². The third-order valence-electron chi connectivity index (χ3n) is 2.61. The highest BCUT2D eigenvalue weighted by atomic mass is 15.0. The molecule has 3 nitrogen and oxygen atoms in total. The van der Waals surface area contributed by atoms with E-state index in [-0.39, 0.29) is 0 Å². The molecule has 90 valence electrons. The molecule has 0 bridgehead atoms. The van der Waals surface area contributed by atoms with Crippen molar-refractivity contribution in [1.82, 2.24) is 14.7 Å². The van der Waals surface area contributed by atoms with Gasteiger partial charge >= 0.3 is 0 Å². The van der Waals surface area contributed by atoms with Crippen LogP contribution in [0.5, 0.6) is 0 Å². The average Bonchev–Trinajstić information content (AvgIpc) is 2.71. The summed E-state index contributed by atoms with van der Waals surface area (Å²) in [6.07, 6.45) is 7.38. The second kappa shape index (κ2) is 5.64. The topological polar surface area (TPSA) is 29.3 Å². The van der Waals surface area contributed by atoms with Crippen molar-refractivity contribution in [3.63, 3.8) is 0 Å². The van der Waals surface area contributed by atoms with Crippen LogP contribution < -0.4 is 5.32 Å². The Kier molecular flexibility index (Phi) is 3.94. The summed E-state index contributed by atoms with van der Waals surface area (Å²) in [5, 5.41) is 3.39. The van der Waals surface area contributed by atoms with Gasteiger partial charge in [0.1, 0.15) is 5.65 Å². The van der Waals surface area contributed by atoms with Crippen molar-refractivity contribution < 1.29 is 0 Å². The van der Waals surface area contributed by atoms with E-state index in [2.05, 4.69) is 36.4 Å². The number of hydrogen-bond acceptors (Lipinski definition) is 2. The fourth-order valence-corrected chi connectivity index (χ4v) is 1.79. The Morgan fingerprint density at radius 1 is 1.47 bits per heavy atom. The van der Waals surface area contributed by atoms with Crippen LogP contribution in [0.25, 0.3) is 11.7 Å². The summed E-state index contributed by atoms with van der Waals surface area (Å²) in [7, 11) is 0. The molecule has 0 saturated carbocycles. The lowest BCUT2D eigenvalue weighted by Crippen LogP contribution is -2.16. The molecule has 1 N–H and O–H groups in total. The molecule has 0 fully saturated rings. The lowest BCUT2D eigenvalue weighted by molar-refractivity contribution is 0.715. The minimum atomic E-state index is 0.932. The first-order valence-corrected chi connectivity index (χ1v) is 6.11. The van der Waals surface area contributed by atoms with Gasteiger partial charge in [0.25, 0.3) is 0 Å². The van der Waals surface area contributed by atoms with Gasteiger partial charge in [-0.15, -0.1) is 0 Å². The van der Waals surface area contributed by atoms with E-state index >= 15 is 0 Å². The third-order valence-corrected chi connectivity index (χ3v) is 2.61. The van der Waals surface area contributed by atoms with Crippen LogP contribution in [0.4, 0.5) is 0 Å². The Bertz CT molecular complexity index is 478. The van der Waals surface area contributed by atoms with Crippen molar-refractivity contribution >= 4 is 11.7 Å². The van der Waals surface area contributed by atoms with E-state index < -0.39 is 0 Å². The fraction of sp³-hybridized carbons (Fsp3) is 0.357. The van der Waals surface area contributed by atoms with E-state index in [9.17, 15) is 0 Å². The van der Waals surface area contributed by atoms with Crippen LogP contribution >= 0.6 is 0 Å². The number of nitrogens with zero attached hydrogens (tertiary/aromatic N) is 2. The molecule has 2 rings (SSSR count). The highest BCUT2D eigenvalue weighted by molar-refractivity contribution is 5.53. The summed E-state index contributed by atoms with van der Waals surface area (Å²) >= 11 is 0. The molecule has 0 aliphatic heterocycles. The molecule has 0 amide bonds. The highest BCUT2D eigenvalue weighted by Crippen LogP contribution is 2.08. The Labute approximate surface area is 102 Å². The quantitative estimate of drug-likeness (QED) is 0.799. The maximum Gasteiger partial charge on any atom is 0.137 e. The molecule has 0 unspecified atom stereocenters. The molecule has 0 aliphatic rings. The van der Waals surface area contributed by atoms with Crippen molar-refractivity contribution in [1.29, 1.82) is 0 Å². The molecule has 0 atom stereocenters. The standard InChI is InChI=1S/C14H19N3/c1-3-7-15-10-12(2)9-13-11-17-8-5-4-6-14(17)16-13/h4-6,8-9,11,15H,3,7,10H2,1-2H3. The van der Waals surface area contributed by atoms with Gasteiger partial charge in [0, 0.05) is 18.9 Å². The smallest absolute Gasteiger partial charge is 0.137 e. The lowest BCUT2D eigenvalue weighted by Gasteiger charge is -2.01. The van der Waals surface area contributed by atoms with Gasteiger partial charge in [-0.2, -0.15) is 0 Å². The highest BCUT2D eigenvalue weighted by Gasteiger charge is 1.98. The number of aromatic nitrogens is 2. The minimum Gasteiger partial charge on any atom is -0.313 e. The lowest BCUT2D eigenvalue weighted by atomic mass is 10.2. The molecule has 0 aliphatic carbocycles. The number of hydrogen-bond donors (Lipinski definition) is 1. The fourth-order valence-electron chi connectivity index (χ4n) is 1.79. The predicted molar refractivity (Wildman–Crippen MR) is 72.0 cm³/mol. The summed E-state index contributed by atoms with van der Waals surface area (Å²) in [6.45, 7) is 6.30. The van der Waals surface area contributed by atoms with Gasteiger partial charge in [-0.05, 0) is 38.1 Å². The maximum atomic E-state index is 4.54. The predicted octanol–water partition coefficient (Wildman–Crippen LogP) is 2.74. The van der Waals surface area contributed by atoms with E-state index in [1.165, 1.54) is 12.0 Å². The number of fused-ring (bicyclic) bond motifs is 1. The van der Waals surface area contributed by atoms with Gasteiger partial charge in [0.15, 0.2) is 0 Å². The summed E-state index contributed by atoms with van der Waals surface area (Å²) < 4.78 is 2.04. The zero-order chi connectivity index (χ0) is 12.1. The van der Waals surface area contributed by atoms with Crippen molar-refractivity contribution in [3.05, 3.63) is 41.9 Å². The Morgan fingerprint density at radius 3 is 3.12 bits per heavy atom. The minimum absolute atomic E-state index is 0.932. The average molecular weight is 229 g/mol. The normalized spacial score (nSPS) is 12.2. The zero-order valence-electron chi connectivity index (χ0n) is 10.5. The molecule has 2 aromatic rings. The van der Waals surface area contributed by atoms with Gasteiger partial charge in [-0.3, -0.25) is 0 Å². The second-order valence-corrected chi connectivity index (χ2v) is 4.30. The van der Waals surface area contributed by atoms with Crippen molar-refractivity contribution in [2.45, 2.75) is 20.3 Å². The first-order chi connectivity index (χ1) is 8.29. The second-order valence-electron chi connectivity index (χ2n) is 4.30. The molecule has 17 heavy (non-hydrogen) atoms. The number of rotatable bonds is 5. The van der Waals surface area contributed by atoms with Crippen LogP contribution in [-0.4, -0.2) is 22.5 Å². The Morgan fingerprint density at radius 2 is 2.35 bits per heavy atom. The van der Waals surface area contributed by atoms with Gasteiger partial charge in [0.2, 0.25) is 0 Å². The molecule has 0 spiro atoms. The van der Waals surface area contributed by atoms with Crippen molar-refractivity contribution in [2.75, 3.05) is 13.1 Å². The SMILES string of the molecule is CCCNCC(C)=Cc1cn2ccccc2n1.